The van der Waals surface area contributed by atoms with Crippen LogP contribution in [0, 0.1) is 11.8 Å². The number of carbonyl (C=O) groups is 1. The third-order valence-corrected chi connectivity index (χ3v) is 0.423. The Bertz CT molecular complexity index is 140. The average molecular weight is 112 g/mol. The summed E-state index contributed by atoms with van der Waals surface area (Å²) in [5.74, 6) is 3.87. The number of rotatable bonds is 0. The van der Waals surface area contributed by atoms with E-state index < -0.39 is 5.91 Å². The van der Waals surface area contributed by atoms with Gasteiger partial charge in [0.1, 0.15) is 0 Å². The molecule has 3 heteroatoms. The molecule has 0 aromatic carbocycles. The molecule has 1 unspecified atom stereocenters. The predicted molar refractivity (Wildman–Crippen MR) is 30.6 cm³/mol. The molecule has 8 heavy (non-hydrogen) atoms. The molecule has 3 nitrogen and oxygen atoms in total. The van der Waals surface area contributed by atoms with Gasteiger partial charge in [-0.05, 0) is 12.8 Å². The van der Waals surface area contributed by atoms with E-state index in [-0.39, 0.29) is 6.04 Å². The van der Waals surface area contributed by atoms with Crippen LogP contribution in [0.5, 0.6) is 0 Å². The highest BCUT2D eigenvalue weighted by Gasteiger charge is 1.82. The van der Waals surface area contributed by atoms with Crippen LogP contribution in [-0.2, 0) is 4.79 Å². The summed E-state index contributed by atoms with van der Waals surface area (Å²) >= 11 is 0. The number of nitrogens with two attached hydrogens (primary N) is 2. The van der Waals surface area contributed by atoms with Crippen LogP contribution in [0.15, 0.2) is 0 Å². The van der Waals surface area contributed by atoms with Gasteiger partial charge in [-0.1, -0.05) is 5.92 Å². The molecule has 0 aliphatic heterocycles. The number of hydrogen-bond donors (Lipinski definition) is 2. The summed E-state index contributed by atoms with van der Waals surface area (Å²) in [6.45, 7) is 1.68. The number of hydrogen-bond acceptors (Lipinski definition) is 2. The minimum atomic E-state index is -0.637. The summed E-state index contributed by atoms with van der Waals surface area (Å²) in [5, 5.41) is 0. The van der Waals surface area contributed by atoms with E-state index in [0.29, 0.717) is 0 Å². The van der Waals surface area contributed by atoms with E-state index in [9.17, 15) is 4.79 Å². The maximum Gasteiger partial charge on any atom is 0.293 e. The maximum atomic E-state index is 9.90. The minimum Gasteiger partial charge on any atom is -0.359 e. The Morgan fingerprint density at radius 3 is 2.38 bits per heavy atom. The van der Waals surface area contributed by atoms with Crippen molar-refractivity contribution in [3.63, 3.8) is 0 Å². The summed E-state index contributed by atoms with van der Waals surface area (Å²) in [6.07, 6.45) is 0. The Balaban J connectivity index is 3.68. The van der Waals surface area contributed by atoms with Crippen molar-refractivity contribution in [2.45, 2.75) is 13.0 Å². The molecule has 0 saturated carbocycles. The van der Waals surface area contributed by atoms with Crippen molar-refractivity contribution in [1.82, 2.24) is 0 Å². The van der Waals surface area contributed by atoms with Crippen LogP contribution in [0.4, 0.5) is 0 Å². The molecule has 0 fully saturated rings. The Kier molecular flexibility index (Phi) is 2.67. The molecule has 0 aromatic heterocycles. The molecule has 0 saturated heterocycles. The molecule has 0 radical (unpaired) electrons. The highest BCUT2D eigenvalue weighted by Crippen LogP contribution is 1.64. The van der Waals surface area contributed by atoms with Crippen molar-refractivity contribution >= 4 is 5.91 Å². The SMILES string of the molecule is CC(N)C#CC(N)=O. The van der Waals surface area contributed by atoms with Gasteiger partial charge in [0.15, 0.2) is 0 Å². The molecule has 0 aromatic rings. The van der Waals surface area contributed by atoms with Crippen LogP contribution < -0.4 is 11.5 Å². The molecule has 0 aliphatic carbocycles. The second-order valence-electron chi connectivity index (χ2n) is 1.42. The van der Waals surface area contributed by atoms with Crippen molar-refractivity contribution in [2.24, 2.45) is 11.5 Å². The van der Waals surface area contributed by atoms with Crippen LogP contribution in [0.2, 0.25) is 0 Å². The van der Waals surface area contributed by atoms with Gasteiger partial charge in [0.25, 0.3) is 5.91 Å². The second kappa shape index (κ2) is 3.05. The van der Waals surface area contributed by atoms with Gasteiger partial charge in [-0.2, -0.15) is 0 Å². The normalized spacial score (nSPS) is 11.2. The highest BCUT2D eigenvalue weighted by atomic mass is 16.1. The molecule has 1 atom stereocenters. The Morgan fingerprint density at radius 2 is 2.25 bits per heavy atom. The zero-order chi connectivity index (χ0) is 6.57. The molecular formula is C5H8N2O. The minimum absolute atomic E-state index is 0.275. The first-order valence-corrected chi connectivity index (χ1v) is 2.19. The Labute approximate surface area is 48.0 Å². The summed E-state index contributed by atoms with van der Waals surface area (Å²) < 4.78 is 0. The number of carbonyl (C=O) groups excluding carboxylic acids is 1. The lowest BCUT2D eigenvalue weighted by atomic mass is 10.4. The lowest BCUT2D eigenvalue weighted by Crippen LogP contribution is -2.13. The van der Waals surface area contributed by atoms with Gasteiger partial charge in [0.2, 0.25) is 0 Å². The topological polar surface area (TPSA) is 69.1 Å². The summed E-state index contributed by atoms with van der Waals surface area (Å²) in [4.78, 5) is 9.90. The van der Waals surface area contributed by atoms with E-state index in [0.717, 1.165) is 0 Å². The number of amides is 1. The first kappa shape index (κ1) is 6.99. The van der Waals surface area contributed by atoms with Crippen LogP contribution in [0.1, 0.15) is 6.92 Å². The van der Waals surface area contributed by atoms with Gasteiger partial charge in [-0.3, -0.25) is 4.79 Å². The summed E-state index contributed by atoms with van der Waals surface area (Å²) in [6, 6.07) is -0.275. The van der Waals surface area contributed by atoms with Crippen molar-refractivity contribution in [2.75, 3.05) is 0 Å². The fraction of sp³-hybridized carbons (Fsp3) is 0.400. The predicted octanol–water partition coefficient (Wildman–Crippen LogP) is -1.18. The summed E-state index contributed by atoms with van der Waals surface area (Å²) in [7, 11) is 0. The third kappa shape index (κ3) is 4.99. The van der Waals surface area contributed by atoms with Crippen LogP contribution >= 0.6 is 0 Å². The van der Waals surface area contributed by atoms with E-state index in [1.165, 1.54) is 0 Å². The van der Waals surface area contributed by atoms with Gasteiger partial charge < -0.3 is 11.5 Å². The van der Waals surface area contributed by atoms with Gasteiger partial charge >= 0.3 is 0 Å². The average Bonchev–Trinajstić information content (AvgIpc) is 1.61. The van der Waals surface area contributed by atoms with Crippen LogP contribution in [-0.4, -0.2) is 11.9 Å². The first-order valence-electron chi connectivity index (χ1n) is 2.19. The van der Waals surface area contributed by atoms with Gasteiger partial charge in [0, 0.05) is 0 Å². The van der Waals surface area contributed by atoms with Crippen LogP contribution in [0.3, 0.4) is 0 Å². The zero-order valence-corrected chi connectivity index (χ0v) is 4.64. The van der Waals surface area contributed by atoms with E-state index in [1.807, 2.05) is 0 Å². The molecule has 0 heterocycles. The van der Waals surface area contributed by atoms with Gasteiger partial charge in [0.05, 0.1) is 6.04 Å². The molecule has 4 N–H and O–H groups in total. The second-order valence-corrected chi connectivity index (χ2v) is 1.42. The molecule has 0 aliphatic rings. The molecule has 0 spiro atoms. The van der Waals surface area contributed by atoms with E-state index in [4.69, 9.17) is 5.73 Å². The molecule has 0 rings (SSSR count). The molecular weight excluding hydrogens is 104 g/mol. The quantitative estimate of drug-likeness (QED) is 0.387. The van der Waals surface area contributed by atoms with E-state index >= 15 is 0 Å². The van der Waals surface area contributed by atoms with Gasteiger partial charge in [-0.25, -0.2) is 0 Å². The van der Waals surface area contributed by atoms with Gasteiger partial charge in [-0.15, -0.1) is 0 Å². The lowest BCUT2D eigenvalue weighted by Gasteiger charge is -1.84. The first-order chi connectivity index (χ1) is 3.63. The molecule has 1 amide bonds. The van der Waals surface area contributed by atoms with Crippen molar-refractivity contribution in [3.8, 4) is 11.8 Å². The fourth-order valence-electron chi connectivity index (χ4n) is 0.185. The molecule has 44 valence electrons. The highest BCUT2D eigenvalue weighted by molar-refractivity contribution is 5.91. The Hall–Kier alpha value is -1.01. The third-order valence-electron chi connectivity index (χ3n) is 0.423. The van der Waals surface area contributed by atoms with E-state index in [1.54, 1.807) is 6.92 Å². The van der Waals surface area contributed by atoms with Crippen molar-refractivity contribution in [1.29, 1.82) is 0 Å². The fourth-order valence-corrected chi connectivity index (χ4v) is 0.185. The monoisotopic (exact) mass is 112 g/mol. The van der Waals surface area contributed by atoms with Crippen molar-refractivity contribution < 1.29 is 4.79 Å². The van der Waals surface area contributed by atoms with Crippen molar-refractivity contribution in [3.05, 3.63) is 0 Å². The zero-order valence-electron chi connectivity index (χ0n) is 4.64. The largest absolute Gasteiger partial charge is 0.359 e. The summed E-state index contributed by atoms with van der Waals surface area (Å²) in [5.41, 5.74) is 9.83. The van der Waals surface area contributed by atoms with Crippen LogP contribution in [0.25, 0.3) is 0 Å². The smallest absolute Gasteiger partial charge is 0.293 e. The lowest BCUT2D eigenvalue weighted by molar-refractivity contribution is -0.112. The maximum absolute atomic E-state index is 9.90. The Morgan fingerprint density at radius 1 is 1.75 bits per heavy atom. The standard InChI is InChI=1S/C5H8N2O/c1-4(6)2-3-5(7)8/h4H,6H2,1H3,(H2,7,8). The van der Waals surface area contributed by atoms with E-state index in [2.05, 4.69) is 17.6 Å². The number of primary amides is 1. The molecule has 0 bridgehead atoms.